The lowest BCUT2D eigenvalue weighted by Crippen LogP contribution is -2.52. The molecule has 0 fully saturated rings. The largest absolute Gasteiger partial charge is 0.444 e. The molecule has 0 saturated heterocycles. The zero-order valence-electron chi connectivity index (χ0n) is 18.6. The molecule has 8 nitrogen and oxygen atoms in total. The van der Waals surface area contributed by atoms with Crippen molar-refractivity contribution in [1.29, 1.82) is 0 Å². The molecule has 0 radical (unpaired) electrons. The standard InChI is InChI=1S/C20H38N6O2/c1-8-20(9-2,25-18(27)28-19(4,5)6)15-23-17(21-10-3)22-12-11-16-13-24-26(7)14-16/h13-14H,8-12,15H2,1-7H3,(H,25,27)(H2,21,22,23). The van der Waals surface area contributed by atoms with Gasteiger partial charge in [-0.15, -0.1) is 0 Å². The number of carbonyl (C=O) groups is 1. The Morgan fingerprint density at radius 3 is 2.39 bits per heavy atom. The Bertz CT molecular complexity index is 629. The fourth-order valence-corrected chi connectivity index (χ4v) is 2.71. The molecule has 3 N–H and O–H groups in total. The summed E-state index contributed by atoms with van der Waals surface area (Å²) in [5.74, 6) is 0.739. The SMILES string of the molecule is CCNC(=NCC(CC)(CC)NC(=O)OC(C)(C)C)NCCc1cnn(C)c1. The number of hydrogen-bond donors (Lipinski definition) is 3. The number of ether oxygens (including phenoxy) is 1. The van der Waals surface area contributed by atoms with Crippen LogP contribution < -0.4 is 16.0 Å². The van der Waals surface area contributed by atoms with Crippen molar-refractivity contribution in [2.45, 2.75) is 71.9 Å². The van der Waals surface area contributed by atoms with Gasteiger partial charge in [0.1, 0.15) is 5.60 Å². The molecule has 0 aromatic carbocycles. The molecule has 0 aliphatic heterocycles. The van der Waals surface area contributed by atoms with Gasteiger partial charge in [-0.25, -0.2) is 4.79 Å². The first-order valence-corrected chi connectivity index (χ1v) is 10.1. The molecule has 160 valence electrons. The molecule has 8 heteroatoms. The summed E-state index contributed by atoms with van der Waals surface area (Å²) in [5.41, 5.74) is 0.214. The topological polar surface area (TPSA) is 92.6 Å². The Morgan fingerprint density at radius 2 is 1.89 bits per heavy atom. The van der Waals surface area contributed by atoms with Crippen molar-refractivity contribution in [1.82, 2.24) is 25.7 Å². The van der Waals surface area contributed by atoms with Crippen LogP contribution in [0.4, 0.5) is 4.79 Å². The number of amides is 1. The summed E-state index contributed by atoms with van der Waals surface area (Å²) in [5, 5.41) is 13.8. The molecule has 1 aromatic heterocycles. The molecule has 0 atom stereocenters. The average Bonchev–Trinajstić information content (AvgIpc) is 3.02. The van der Waals surface area contributed by atoms with E-state index in [4.69, 9.17) is 9.73 Å². The number of carbonyl (C=O) groups excluding carboxylic acids is 1. The van der Waals surface area contributed by atoms with E-state index in [0.717, 1.165) is 38.3 Å². The van der Waals surface area contributed by atoms with Crippen LogP contribution in [0.25, 0.3) is 0 Å². The third-order valence-electron chi connectivity index (χ3n) is 4.47. The van der Waals surface area contributed by atoms with Gasteiger partial charge in [-0.3, -0.25) is 9.67 Å². The maximum atomic E-state index is 12.3. The molecular weight excluding hydrogens is 356 g/mol. The minimum absolute atomic E-state index is 0.402. The molecule has 1 aromatic rings. The minimum Gasteiger partial charge on any atom is -0.444 e. The van der Waals surface area contributed by atoms with Crippen LogP contribution in [0.2, 0.25) is 0 Å². The van der Waals surface area contributed by atoms with E-state index in [1.807, 2.05) is 47.1 Å². The lowest BCUT2D eigenvalue weighted by molar-refractivity contribution is 0.0452. The van der Waals surface area contributed by atoms with E-state index in [-0.39, 0.29) is 0 Å². The fourth-order valence-electron chi connectivity index (χ4n) is 2.71. The van der Waals surface area contributed by atoms with Gasteiger partial charge >= 0.3 is 6.09 Å². The van der Waals surface area contributed by atoms with E-state index in [1.54, 1.807) is 4.68 Å². The zero-order chi connectivity index (χ0) is 21.2. The van der Waals surface area contributed by atoms with Gasteiger partial charge in [0.05, 0.1) is 18.3 Å². The molecule has 0 aliphatic carbocycles. The lowest BCUT2D eigenvalue weighted by Gasteiger charge is -2.32. The van der Waals surface area contributed by atoms with Crippen LogP contribution in [0.15, 0.2) is 17.4 Å². The van der Waals surface area contributed by atoms with Gasteiger partial charge in [0.2, 0.25) is 0 Å². The molecule has 1 rings (SSSR count). The van der Waals surface area contributed by atoms with Crippen LogP contribution in [-0.2, 0) is 18.2 Å². The second-order valence-electron chi connectivity index (χ2n) is 8.01. The molecule has 1 heterocycles. The molecular formula is C20H38N6O2. The predicted molar refractivity (Wildman–Crippen MR) is 114 cm³/mol. The molecule has 0 saturated carbocycles. The van der Waals surface area contributed by atoms with Crippen molar-refractivity contribution in [3.05, 3.63) is 18.0 Å². The van der Waals surface area contributed by atoms with Gasteiger partial charge in [-0.2, -0.15) is 5.10 Å². The molecule has 0 aliphatic rings. The molecule has 28 heavy (non-hydrogen) atoms. The Kier molecular flexibility index (Phi) is 9.28. The summed E-state index contributed by atoms with van der Waals surface area (Å²) >= 11 is 0. The predicted octanol–water partition coefficient (Wildman–Crippen LogP) is 2.60. The van der Waals surface area contributed by atoms with E-state index in [0.29, 0.717) is 6.54 Å². The van der Waals surface area contributed by atoms with Gasteiger partial charge in [0.25, 0.3) is 0 Å². The van der Waals surface area contributed by atoms with Crippen LogP contribution in [-0.4, -0.2) is 52.6 Å². The van der Waals surface area contributed by atoms with Crippen LogP contribution in [0, 0.1) is 0 Å². The Balaban J connectivity index is 2.71. The third-order valence-corrected chi connectivity index (χ3v) is 4.47. The van der Waals surface area contributed by atoms with Crippen LogP contribution in [0.3, 0.4) is 0 Å². The maximum absolute atomic E-state index is 12.3. The van der Waals surface area contributed by atoms with Crippen molar-refractivity contribution in [2.75, 3.05) is 19.6 Å². The zero-order valence-corrected chi connectivity index (χ0v) is 18.6. The van der Waals surface area contributed by atoms with Gasteiger partial charge in [0.15, 0.2) is 5.96 Å². The molecule has 0 unspecified atom stereocenters. The highest BCUT2D eigenvalue weighted by molar-refractivity contribution is 5.79. The van der Waals surface area contributed by atoms with Gasteiger partial charge in [-0.05, 0) is 52.5 Å². The number of aromatic nitrogens is 2. The smallest absolute Gasteiger partial charge is 0.408 e. The van der Waals surface area contributed by atoms with E-state index >= 15 is 0 Å². The quantitative estimate of drug-likeness (QED) is 0.442. The van der Waals surface area contributed by atoms with Crippen molar-refractivity contribution >= 4 is 12.1 Å². The molecule has 1 amide bonds. The average molecular weight is 395 g/mol. The van der Waals surface area contributed by atoms with E-state index < -0.39 is 17.2 Å². The summed E-state index contributed by atoms with van der Waals surface area (Å²) in [6.07, 6.45) is 5.87. The second-order valence-corrected chi connectivity index (χ2v) is 8.01. The number of aliphatic imine (C=N–C) groups is 1. The normalized spacial score (nSPS) is 12.6. The first-order valence-electron chi connectivity index (χ1n) is 10.1. The van der Waals surface area contributed by atoms with Crippen molar-refractivity contribution < 1.29 is 9.53 Å². The third kappa shape index (κ3) is 8.63. The van der Waals surface area contributed by atoms with Gasteiger partial charge in [0, 0.05) is 26.3 Å². The number of alkyl carbamates (subject to hydrolysis) is 1. The molecule has 0 bridgehead atoms. The Labute approximate surface area is 169 Å². The summed E-state index contributed by atoms with van der Waals surface area (Å²) in [7, 11) is 1.91. The van der Waals surface area contributed by atoms with Crippen molar-refractivity contribution in [3.63, 3.8) is 0 Å². The van der Waals surface area contributed by atoms with Crippen LogP contribution in [0.5, 0.6) is 0 Å². The highest BCUT2D eigenvalue weighted by Crippen LogP contribution is 2.17. The summed E-state index contributed by atoms with van der Waals surface area (Å²) in [6, 6.07) is 0. The van der Waals surface area contributed by atoms with E-state index in [2.05, 4.69) is 34.9 Å². The summed E-state index contributed by atoms with van der Waals surface area (Å²) < 4.78 is 7.23. The monoisotopic (exact) mass is 394 g/mol. The van der Waals surface area contributed by atoms with E-state index in [9.17, 15) is 4.79 Å². The second kappa shape index (κ2) is 10.9. The van der Waals surface area contributed by atoms with Crippen molar-refractivity contribution in [2.24, 2.45) is 12.0 Å². The summed E-state index contributed by atoms with van der Waals surface area (Å²) in [6.45, 7) is 13.7. The maximum Gasteiger partial charge on any atom is 0.408 e. The summed E-state index contributed by atoms with van der Waals surface area (Å²) in [4.78, 5) is 17.0. The van der Waals surface area contributed by atoms with Crippen LogP contribution in [0.1, 0.15) is 59.9 Å². The Morgan fingerprint density at radius 1 is 1.21 bits per heavy atom. The fraction of sp³-hybridized carbons (Fsp3) is 0.750. The first-order chi connectivity index (χ1) is 13.1. The highest BCUT2D eigenvalue weighted by atomic mass is 16.6. The van der Waals surface area contributed by atoms with Crippen LogP contribution >= 0.6 is 0 Å². The lowest BCUT2D eigenvalue weighted by atomic mass is 9.93. The first kappa shape index (κ1) is 23.8. The van der Waals surface area contributed by atoms with Gasteiger partial charge < -0.3 is 20.7 Å². The number of rotatable bonds is 9. The Hall–Kier alpha value is -2.25. The number of guanidine groups is 1. The van der Waals surface area contributed by atoms with Crippen molar-refractivity contribution in [3.8, 4) is 0 Å². The highest BCUT2D eigenvalue weighted by Gasteiger charge is 2.30. The number of nitrogens with zero attached hydrogens (tertiary/aromatic N) is 3. The minimum atomic E-state index is -0.524. The van der Waals surface area contributed by atoms with Gasteiger partial charge in [-0.1, -0.05) is 13.8 Å². The number of aryl methyl sites for hydroxylation is 1. The molecule has 0 spiro atoms. The number of nitrogens with one attached hydrogen (secondary N) is 3. The van der Waals surface area contributed by atoms with E-state index in [1.165, 1.54) is 5.56 Å². The number of hydrogen-bond acceptors (Lipinski definition) is 4.